The molecule has 0 amide bonds. The van der Waals surface area contributed by atoms with Crippen LogP contribution in [0.15, 0.2) is 127 Å². The first-order valence-electron chi connectivity index (χ1n) is 16.6. The van der Waals surface area contributed by atoms with E-state index in [0.29, 0.717) is 11.1 Å². The van der Waals surface area contributed by atoms with Crippen LogP contribution < -0.4 is 23.7 Å². The number of methoxy groups -OCH3 is 3. The molecule has 9 heteroatoms. The fraction of sp³-hybridized carbons (Fsp3) is 0.163. The molecule has 0 bridgehead atoms. The maximum Gasteiger partial charge on any atom is 0.342 e. The number of ether oxygens (including phenoxy) is 7. The third-order valence-corrected chi connectivity index (χ3v) is 8.28. The molecule has 0 aliphatic rings. The second-order valence-electron chi connectivity index (χ2n) is 11.6. The number of benzene rings is 6. The summed E-state index contributed by atoms with van der Waals surface area (Å²) in [6.45, 7) is 0.366. The Balaban J connectivity index is 1.69. The van der Waals surface area contributed by atoms with E-state index < -0.39 is 11.9 Å². The average Bonchev–Trinajstić information content (AvgIpc) is 3.21. The van der Waals surface area contributed by atoms with Crippen LogP contribution in [0.5, 0.6) is 28.7 Å². The van der Waals surface area contributed by atoms with Gasteiger partial charge in [-0.1, -0.05) is 121 Å². The molecule has 6 rings (SSSR count). The summed E-state index contributed by atoms with van der Waals surface area (Å²) in [6.07, 6.45) is 0. The average molecular weight is 699 g/mol. The number of carbonyl (C=O) groups excluding carboxylic acids is 2. The highest BCUT2D eigenvalue weighted by Crippen LogP contribution is 2.53. The zero-order valence-corrected chi connectivity index (χ0v) is 29.1. The van der Waals surface area contributed by atoms with Gasteiger partial charge in [0, 0.05) is 6.07 Å². The highest BCUT2D eigenvalue weighted by atomic mass is 16.5. The van der Waals surface area contributed by atoms with Crippen molar-refractivity contribution in [2.45, 2.75) is 26.4 Å². The molecule has 0 saturated carbocycles. The lowest BCUT2D eigenvalue weighted by Gasteiger charge is -2.25. The zero-order chi connectivity index (χ0) is 36.3. The smallest absolute Gasteiger partial charge is 0.342 e. The number of carbonyl (C=O) groups is 2. The van der Waals surface area contributed by atoms with Crippen molar-refractivity contribution in [2.24, 2.45) is 0 Å². The summed E-state index contributed by atoms with van der Waals surface area (Å²) in [5.74, 6) is -0.839. The summed E-state index contributed by atoms with van der Waals surface area (Å²) in [6, 6.07) is 39.8. The highest BCUT2D eigenvalue weighted by Gasteiger charge is 2.36. The molecule has 0 spiro atoms. The van der Waals surface area contributed by atoms with E-state index in [9.17, 15) is 9.59 Å². The van der Waals surface area contributed by atoms with Crippen molar-refractivity contribution in [1.82, 2.24) is 0 Å². The fourth-order valence-electron chi connectivity index (χ4n) is 5.75. The molecule has 0 unspecified atom stereocenters. The third kappa shape index (κ3) is 7.94. The van der Waals surface area contributed by atoms with Crippen molar-refractivity contribution in [3.63, 3.8) is 0 Å². The minimum absolute atomic E-state index is 0.00434. The summed E-state index contributed by atoms with van der Waals surface area (Å²) in [5, 5.41) is 0.595. The monoisotopic (exact) mass is 698 g/mol. The summed E-state index contributed by atoms with van der Waals surface area (Å²) in [5.41, 5.74) is 3.01. The number of hydrogen-bond acceptors (Lipinski definition) is 9. The molecule has 264 valence electrons. The summed E-state index contributed by atoms with van der Waals surface area (Å²) in [4.78, 5) is 27.8. The minimum Gasteiger partial charge on any atom is -0.493 e. The van der Waals surface area contributed by atoms with E-state index in [4.69, 9.17) is 33.2 Å². The van der Waals surface area contributed by atoms with E-state index in [1.807, 2.05) is 121 Å². The molecule has 0 heterocycles. The second kappa shape index (κ2) is 17.0. The quantitative estimate of drug-likeness (QED) is 0.0975. The Morgan fingerprint density at radius 1 is 0.423 bits per heavy atom. The van der Waals surface area contributed by atoms with E-state index in [-0.39, 0.29) is 65.9 Å². The van der Waals surface area contributed by atoms with Crippen molar-refractivity contribution in [1.29, 1.82) is 0 Å². The molecule has 0 saturated heterocycles. The van der Waals surface area contributed by atoms with Crippen LogP contribution in [0.3, 0.4) is 0 Å². The van der Waals surface area contributed by atoms with Crippen molar-refractivity contribution in [3.05, 3.63) is 161 Å². The molecule has 0 atom stereocenters. The number of rotatable bonds is 15. The van der Waals surface area contributed by atoms with Gasteiger partial charge in [0.25, 0.3) is 0 Å². The van der Waals surface area contributed by atoms with Crippen LogP contribution >= 0.6 is 0 Å². The molecule has 6 aromatic rings. The first-order valence-corrected chi connectivity index (χ1v) is 16.6. The van der Waals surface area contributed by atoms with Gasteiger partial charge in [-0.3, -0.25) is 0 Å². The fourth-order valence-corrected chi connectivity index (χ4v) is 5.75. The molecule has 0 aliphatic heterocycles. The lowest BCUT2D eigenvalue weighted by atomic mass is 9.95. The first-order chi connectivity index (χ1) is 25.5. The van der Waals surface area contributed by atoms with Gasteiger partial charge in [0.05, 0.1) is 32.1 Å². The Kier molecular flexibility index (Phi) is 11.5. The van der Waals surface area contributed by atoms with Gasteiger partial charge in [-0.25, -0.2) is 9.59 Å². The second-order valence-corrected chi connectivity index (χ2v) is 11.6. The van der Waals surface area contributed by atoms with Gasteiger partial charge in [0.1, 0.15) is 54.8 Å². The molecule has 6 aromatic carbocycles. The Bertz CT molecular complexity index is 2120. The SMILES string of the molecule is COC(=O)c1c(C(=O)OC)c(OCc2ccccc2)c2c(OCc3ccccc3)c(OC)cc(OCc3ccccc3)c2c1OCc1ccccc1. The molecular formula is C43H38O9. The molecule has 9 nitrogen and oxygen atoms in total. The normalized spacial score (nSPS) is 10.7. The highest BCUT2D eigenvalue weighted by molar-refractivity contribution is 6.17. The summed E-state index contributed by atoms with van der Waals surface area (Å²) in [7, 11) is 3.97. The predicted octanol–water partition coefficient (Wildman–Crippen LogP) is 8.74. The van der Waals surface area contributed by atoms with Crippen LogP contribution in [0, 0.1) is 0 Å². The van der Waals surface area contributed by atoms with Crippen molar-refractivity contribution in [2.75, 3.05) is 21.3 Å². The van der Waals surface area contributed by atoms with Crippen LogP contribution in [0.4, 0.5) is 0 Å². The van der Waals surface area contributed by atoms with E-state index in [1.165, 1.54) is 21.3 Å². The Morgan fingerprint density at radius 3 is 1.13 bits per heavy atom. The van der Waals surface area contributed by atoms with Crippen LogP contribution in [-0.4, -0.2) is 33.3 Å². The largest absolute Gasteiger partial charge is 0.493 e. The lowest BCUT2D eigenvalue weighted by molar-refractivity contribution is 0.0547. The number of hydrogen-bond donors (Lipinski definition) is 0. The molecule has 0 aromatic heterocycles. The van der Waals surface area contributed by atoms with E-state index in [1.54, 1.807) is 6.07 Å². The molecule has 0 aliphatic carbocycles. The van der Waals surface area contributed by atoms with Gasteiger partial charge in [-0.2, -0.15) is 0 Å². The van der Waals surface area contributed by atoms with Gasteiger partial charge >= 0.3 is 11.9 Å². The van der Waals surface area contributed by atoms with Crippen LogP contribution in [0.2, 0.25) is 0 Å². The minimum atomic E-state index is -0.849. The summed E-state index contributed by atoms with van der Waals surface area (Å²) >= 11 is 0. The Labute approximate surface area is 302 Å². The van der Waals surface area contributed by atoms with Gasteiger partial charge in [0.2, 0.25) is 0 Å². The van der Waals surface area contributed by atoms with Gasteiger partial charge in [-0.05, 0) is 22.3 Å². The Morgan fingerprint density at radius 2 is 0.769 bits per heavy atom. The lowest BCUT2D eigenvalue weighted by Crippen LogP contribution is -2.17. The third-order valence-electron chi connectivity index (χ3n) is 8.28. The topological polar surface area (TPSA) is 98.8 Å². The molecule has 0 N–H and O–H groups in total. The maximum absolute atomic E-state index is 13.9. The zero-order valence-electron chi connectivity index (χ0n) is 29.1. The number of fused-ring (bicyclic) bond motifs is 1. The van der Waals surface area contributed by atoms with Crippen LogP contribution in [0.25, 0.3) is 10.8 Å². The van der Waals surface area contributed by atoms with Crippen LogP contribution in [0.1, 0.15) is 43.0 Å². The first kappa shape index (κ1) is 35.3. The van der Waals surface area contributed by atoms with Gasteiger partial charge < -0.3 is 33.2 Å². The summed E-state index contributed by atoms with van der Waals surface area (Å²) < 4.78 is 42.8. The standard InChI is InChI=1S/C43H38O9/c1-46-34-24-33(49-25-29-16-8-4-9-17-29)35-36(39(34)50-26-30-18-10-5-11-19-30)41(52-28-32-22-14-7-15-23-32)38(43(45)48-3)37(42(44)47-2)40(35)51-27-31-20-12-6-13-21-31/h4-24H,25-28H2,1-3H3. The maximum atomic E-state index is 13.9. The van der Waals surface area contributed by atoms with E-state index >= 15 is 0 Å². The molecule has 0 radical (unpaired) electrons. The molecular weight excluding hydrogens is 660 g/mol. The molecule has 0 fully saturated rings. The van der Waals surface area contributed by atoms with Crippen molar-refractivity contribution in [3.8, 4) is 28.7 Å². The van der Waals surface area contributed by atoms with Gasteiger partial charge in [-0.15, -0.1) is 0 Å². The molecule has 52 heavy (non-hydrogen) atoms. The van der Waals surface area contributed by atoms with E-state index in [2.05, 4.69) is 0 Å². The van der Waals surface area contributed by atoms with Crippen molar-refractivity contribution >= 4 is 22.7 Å². The van der Waals surface area contributed by atoms with Crippen molar-refractivity contribution < 1.29 is 42.7 Å². The number of esters is 2. The Hall–Kier alpha value is -6.48. The van der Waals surface area contributed by atoms with Gasteiger partial charge in [0.15, 0.2) is 11.5 Å². The van der Waals surface area contributed by atoms with Crippen LogP contribution in [-0.2, 0) is 35.9 Å². The predicted molar refractivity (Wildman–Crippen MR) is 196 cm³/mol. The van der Waals surface area contributed by atoms with E-state index in [0.717, 1.165) is 22.3 Å².